The van der Waals surface area contributed by atoms with E-state index < -0.39 is 23.7 Å². The second-order valence-corrected chi connectivity index (χ2v) is 19.2. The van der Waals surface area contributed by atoms with Crippen LogP contribution in [0.1, 0.15) is 126 Å². The molecule has 0 aromatic heterocycles. The first-order valence-electron chi connectivity index (χ1n) is 20.2. The SMILES string of the molecule is CNC(O)(C(=O)NCCC12CCC3C(CCC4C3CCC3C(C)(C)C(CC(=O)C5CC(C(=O)O)C5C)CCC43C)C1=C(C(C)C)C(=O)C2)C(C)O. The van der Waals surface area contributed by atoms with Gasteiger partial charge >= 0.3 is 5.97 Å². The second kappa shape index (κ2) is 13.6. The van der Waals surface area contributed by atoms with Gasteiger partial charge < -0.3 is 20.6 Å². The molecular weight excluding hydrogens is 644 g/mol. The van der Waals surface area contributed by atoms with Gasteiger partial charge in [0.05, 0.1) is 5.92 Å². The first kappa shape index (κ1) is 38.6. The van der Waals surface area contributed by atoms with Crippen molar-refractivity contribution in [2.45, 2.75) is 137 Å². The molecule has 0 radical (unpaired) electrons. The summed E-state index contributed by atoms with van der Waals surface area (Å²) in [5.41, 5.74) is 0.330. The van der Waals surface area contributed by atoms with Crippen molar-refractivity contribution in [2.75, 3.05) is 13.6 Å². The van der Waals surface area contributed by atoms with Crippen LogP contribution in [-0.4, -0.2) is 64.2 Å². The number of carboxylic acids is 1. The molecule has 1 amide bonds. The van der Waals surface area contributed by atoms with Crippen LogP contribution >= 0.6 is 0 Å². The Labute approximate surface area is 305 Å². The highest BCUT2D eigenvalue weighted by Gasteiger charge is 2.63. The number of fused-ring (bicyclic) bond motifs is 7. The maximum Gasteiger partial charge on any atom is 0.306 e. The van der Waals surface area contributed by atoms with Crippen LogP contribution in [0.4, 0.5) is 0 Å². The van der Waals surface area contributed by atoms with Crippen LogP contribution in [-0.2, 0) is 19.2 Å². The van der Waals surface area contributed by atoms with Crippen molar-refractivity contribution in [3.05, 3.63) is 11.1 Å². The Morgan fingerprint density at radius 1 is 0.961 bits per heavy atom. The molecule has 0 aromatic rings. The molecular formula is C42H66N2O7. The summed E-state index contributed by atoms with van der Waals surface area (Å²) in [4.78, 5) is 51.8. The Hall–Kier alpha value is -2.10. The fourth-order valence-electron chi connectivity index (χ4n) is 13.6. The topological polar surface area (TPSA) is 153 Å². The average molecular weight is 711 g/mol. The van der Waals surface area contributed by atoms with Gasteiger partial charge in [-0.25, -0.2) is 0 Å². The monoisotopic (exact) mass is 710 g/mol. The first-order chi connectivity index (χ1) is 23.8. The van der Waals surface area contributed by atoms with Gasteiger partial charge in [0.15, 0.2) is 5.78 Å². The highest BCUT2D eigenvalue weighted by atomic mass is 16.4. The maximum atomic E-state index is 13.8. The van der Waals surface area contributed by atoms with Crippen molar-refractivity contribution in [3.8, 4) is 0 Å². The number of aliphatic carboxylic acids is 1. The molecule has 9 heteroatoms. The summed E-state index contributed by atoms with van der Waals surface area (Å²) in [6.45, 7) is 15.3. The van der Waals surface area contributed by atoms with E-state index in [1.807, 2.05) is 6.92 Å². The van der Waals surface area contributed by atoms with Gasteiger partial charge in [0.1, 0.15) is 11.9 Å². The van der Waals surface area contributed by atoms with Crippen molar-refractivity contribution in [1.29, 1.82) is 0 Å². The molecule has 6 aliphatic carbocycles. The van der Waals surface area contributed by atoms with E-state index in [0.717, 1.165) is 44.1 Å². The van der Waals surface area contributed by atoms with E-state index in [0.29, 0.717) is 67.7 Å². The largest absolute Gasteiger partial charge is 0.481 e. The van der Waals surface area contributed by atoms with Crippen LogP contribution in [0.2, 0.25) is 0 Å². The zero-order chi connectivity index (χ0) is 37.4. The smallest absolute Gasteiger partial charge is 0.306 e. The lowest BCUT2D eigenvalue weighted by Crippen LogP contribution is -2.62. The second-order valence-electron chi connectivity index (χ2n) is 19.2. The van der Waals surface area contributed by atoms with Crippen LogP contribution in [0.5, 0.6) is 0 Å². The third kappa shape index (κ3) is 6.07. The van der Waals surface area contributed by atoms with Gasteiger partial charge in [0.25, 0.3) is 5.91 Å². The van der Waals surface area contributed by atoms with E-state index in [1.54, 1.807) is 0 Å². The predicted octanol–water partition coefficient (Wildman–Crippen LogP) is 5.91. The molecule has 5 fully saturated rings. The van der Waals surface area contributed by atoms with E-state index >= 15 is 0 Å². The minimum Gasteiger partial charge on any atom is -0.481 e. The Kier molecular flexibility index (Phi) is 10.3. The number of hydrogen-bond donors (Lipinski definition) is 5. The summed E-state index contributed by atoms with van der Waals surface area (Å²) in [5.74, 6) is 1.77. The number of aliphatic hydroxyl groups excluding tert-OH is 1. The molecule has 51 heavy (non-hydrogen) atoms. The predicted molar refractivity (Wildman–Crippen MR) is 195 cm³/mol. The number of carboxylic acid groups (broad SMARTS) is 1. The van der Waals surface area contributed by atoms with Gasteiger partial charge in [-0.05, 0) is 142 Å². The zero-order valence-electron chi connectivity index (χ0n) is 32.5. The third-order valence-electron chi connectivity index (χ3n) is 16.5. The third-order valence-corrected chi connectivity index (χ3v) is 16.5. The Morgan fingerprint density at radius 3 is 2.27 bits per heavy atom. The number of aliphatic hydroxyl groups is 2. The molecule has 0 heterocycles. The van der Waals surface area contributed by atoms with Gasteiger partial charge in [-0.1, -0.05) is 47.1 Å². The number of likely N-dealkylation sites (N-methyl/N-ethyl adjacent to an activating group) is 1. The molecule has 13 atom stereocenters. The lowest BCUT2D eigenvalue weighted by molar-refractivity contribution is -0.163. The Bertz CT molecular complexity index is 1450. The molecule has 6 rings (SSSR count). The normalized spacial score (nSPS) is 41.7. The molecule has 5 saturated carbocycles. The summed E-state index contributed by atoms with van der Waals surface area (Å²) in [6.07, 6.45) is 9.78. The number of Topliss-reactive ketones (excluding diaryl/α,β-unsaturated/α-hetero) is 2. The highest BCUT2D eigenvalue weighted by Crippen LogP contribution is 2.70. The first-order valence-corrected chi connectivity index (χ1v) is 20.2. The van der Waals surface area contributed by atoms with E-state index in [2.05, 4.69) is 45.3 Å². The quantitative estimate of drug-likeness (QED) is 0.166. The molecule has 13 unspecified atom stereocenters. The Balaban J connectivity index is 1.18. The molecule has 9 nitrogen and oxygen atoms in total. The minimum absolute atomic E-state index is 0.0360. The zero-order valence-corrected chi connectivity index (χ0v) is 32.5. The van der Waals surface area contributed by atoms with Gasteiger partial charge in [-0.3, -0.25) is 24.5 Å². The highest BCUT2D eigenvalue weighted by molar-refractivity contribution is 6.00. The van der Waals surface area contributed by atoms with E-state index in [-0.39, 0.29) is 51.5 Å². The molecule has 5 N–H and O–H groups in total. The number of nitrogens with one attached hydrogen (secondary N) is 2. The summed E-state index contributed by atoms with van der Waals surface area (Å²) in [6, 6.07) is 0. The number of ketones is 2. The fourth-order valence-corrected chi connectivity index (χ4v) is 13.6. The van der Waals surface area contributed by atoms with Crippen LogP contribution in [0.3, 0.4) is 0 Å². The van der Waals surface area contributed by atoms with Crippen molar-refractivity contribution in [3.63, 3.8) is 0 Å². The lowest BCUT2D eigenvalue weighted by atomic mass is 9.39. The van der Waals surface area contributed by atoms with Crippen molar-refractivity contribution >= 4 is 23.4 Å². The number of rotatable bonds is 11. The molecule has 0 aliphatic heterocycles. The van der Waals surface area contributed by atoms with Crippen LogP contribution < -0.4 is 10.6 Å². The number of amides is 1. The molecule has 0 saturated heterocycles. The van der Waals surface area contributed by atoms with Crippen LogP contribution in [0.25, 0.3) is 0 Å². The molecule has 0 bridgehead atoms. The van der Waals surface area contributed by atoms with Gasteiger partial charge in [0, 0.05) is 30.7 Å². The van der Waals surface area contributed by atoms with E-state index in [4.69, 9.17) is 0 Å². The minimum atomic E-state index is -2.07. The van der Waals surface area contributed by atoms with Crippen LogP contribution in [0.15, 0.2) is 11.1 Å². The summed E-state index contributed by atoms with van der Waals surface area (Å²) >= 11 is 0. The van der Waals surface area contributed by atoms with Crippen molar-refractivity contribution in [1.82, 2.24) is 10.6 Å². The summed E-state index contributed by atoms with van der Waals surface area (Å²) in [5, 5.41) is 35.7. The lowest BCUT2D eigenvalue weighted by Gasteiger charge is -2.65. The number of allylic oxidation sites excluding steroid dienone is 2. The average Bonchev–Trinajstić information content (AvgIpc) is 3.36. The summed E-state index contributed by atoms with van der Waals surface area (Å²) in [7, 11) is 1.45. The van der Waals surface area contributed by atoms with E-state index in [1.165, 1.54) is 32.4 Å². The van der Waals surface area contributed by atoms with E-state index in [9.17, 15) is 34.5 Å². The molecule has 286 valence electrons. The van der Waals surface area contributed by atoms with Gasteiger partial charge in [-0.2, -0.15) is 0 Å². The molecule has 0 aromatic carbocycles. The van der Waals surface area contributed by atoms with Crippen molar-refractivity contribution < 1.29 is 34.5 Å². The molecule has 6 aliphatic rings. The van der Waals surface area contributed by atoms with Gasteiger partial charge in [-0.15, -0.1) is 0 Å². The molecule has 0 spiro atoms. The fraction of sp³-hybridized carbons (Fsp3) is 0.857. The number of carbonyl (C=O) groups is 4. The maximum absolute atomic E-state index is 13.8. The number of carbonyl (C=O) groups excluding carboxylic acids is 3. The Morgan fingerprint density at radius 2 is 1.67 bits per heavy atom. The van der Waals surface area contributed by atoms with Crippen LogP contribution in [0, 0.1) is 75.4 Å². The van der Waals surface area contributed by atoms with Crippen molar-refractivity contribution in [2.24, 2.45) is 75.4 Å². The standard InChI is InChI=1S/C42H66N2O7/c1-22(2)35-33(47)21-41(17-18-44-38(50)42(51,43-8)24(4)45)16-14-26-27-10-12-34-39(5,6)25(19-32(46)29-20-30(23(29)3)37(48)49)13-15-40(34,7)31(27)11-9-28(26)36(35)41/h22-31,34,43,45,51H,9-21H2,1-8H3,(H,44,50)(H,48,49). The number of hydrogen-bond acceptors (Lipinski definition) is 7. The summed E-state index contributed by atoms with van der Waals surface area (Å²) < 4.78 is 0. The van der Waals surface area contributed by atoms with Gasteiger partial charge in [0.2, 0.25) is 5.72 Å².